The summed E-state index contributed by atoms with van der Waals surface area (Å²) in [7, 11) is 0. The fourth-order valence-electron chi connectivity index (χ4n) is 2.11. The molecule has 0 amide bonds. The summed E-state index contributed by atoms with van der Waals surface area (Å²) in [6.07, 6.45) is 2.68. The Labute approximate surface area is 85.7 Å². The molecule has 1 heterocycles. The van der Waals surface area contributed by atoms with Gasteiger partial charge in [0.15, 0.2) is 0 Å². The average molecular weight is 190 g/mol. The molecule has 1 aromatic rings. The molecule has 14 heavy (non-hydrogen) atoms. The topological polar surface area (TPSA) is 29.3 Å². The zero-order valence-corrected chi connectivity index (χ0v) is 8.74. The Bertz CT molecular complexity index is 292. The summed E-state index contributed by atoms with van der Waals surface area (Å²) >= 11 is 0. The predicted molar refractivity (Wildman–Crippen MR) is 61.5 cm³/mol. The molecular weight excluding hydrogens is 172 g/mol. The van der Waals surface area contributed by atoms with Crippen molar-refractivity contribution in [2.45, 2.75) is 19.8 Å². The van der Waals surface area contributed by atoms with E-state index < -0.39 is 0 Å². The van der Waals surface area contributed by atoms with Crippen molar-refractivity contribution in [2.24, 2.45) is 5.92 Å². The van der Waals surface area contributed by atoms with Gasteiger partial charge in [0, 0.05) is 24.5 Å². The average Bonchev–Trinajstić information content (AvgIpc) is 2.19. The van der Waals surface area contributed by atoms with Crippen LogP contribution in [0.5, 0.6) is 0 Å². The SMILES string of the molecule is C[C@@H]1CCCN(c2ccc(N)cc2)C1. The van der Waals surface area contributed by atoms with Gasteiger partial charge < -0.3 is 10.6 Å². The van der Waals surface area contributed by atoms with Crippen LogP contribution in [0.3, 0.4) is 0 Å². The third-order valence-electron chi connectivity index (χ3n) is 2.92. The number of anilines is 2. The Morgan fingerprint density at radius 1 is 1.29 bits per heavy atom. The highest BCUT2D eigenvalue weighted by atomic mass is 15.1. The van der Waals surface area contributed by atoms with Gasteiger partial charge in [0.2, 0.25) is 0 Å². The van der Waals surface area contributed by atoms with Crippen molar-refractivity contribution in [1.82, 2.24) is 0 Å². The quantitative estimate of drug-likeness (QED) is 0.689. The maximum Gasteiger partial charge on any atom is 0.0367 e. The van der Waals surface area contributed by atoms with Crippen LogP contribution in [-0.2, 0) is 0 Å². The molecule has 2 N–H and O–H groups in total. The molecule has 2 rings (SSSR count). The molecular formula is C12H18N2. The van der Waals surface area contributed by atoms with E-state index in [0.717, 1.165) is 11.6 Å². The number of rotatable bonds is 1. The third kappa shape index (κ3) is 2.00. The van der Waals surface area contributed by atoms with Crippen LogP contribution >= 0.6 is 0 Å². The van der Waals surface area contributed by atoms with Crippen molar-refractivity contribution < 1.29 is 0 Å². The predicted octanol–water partition coefficient (Wildman–Crippen LogP) is 2.51. The first-order valence-corrected chi connectivity index (χ1v) is 5.36. The molecule has 1 aromatic carbocycles. The van der Waals surface area contributed by atoms with E-state index in [-0.39, 0.29) is 0 Å². The molecule has 2 heteroatoms. The molecule has 0 aliphatic carbocycles. The molecule has 1 aliphatic heterocycles. The molecule has 1 saturated heterocycles. The number of nitrogens with two attached hydrogens (primary N) is 1. The minimum atomic E-state index is 0.821. The standard InChI is InChI=1S/C12H18N2/c1-10-3-2-8-14(9-10)12-6-4-11(13)5-7-12/h4-7,10H,2-3,8-9,13H2,1H3/t10-/m1/s1. The molecule has 0 unspecified atom stereocenters. The van der Waals surface area contributed by atoms with E-state index >= 15 is 0 Å². The summed E-state index contributed by atoms with van der Waals surface area (Å²) in [5.41, 5.74) is 7.82. The van der Waals surface area contributed by atoms with Crippen LogP contribution in [0.15, 0.2) is 24.3 Å². The Morgan fingerprint density at radius 3 is 2.64 bits per heavy atom. The van der Waals surface area contributed by atoms with Gasteiger partial charge >= 0.3 is 0 Å². The van der Waals surface area contributed by atoms with Crippen molar-refractivity contribution in [2.75, 3.05) is 23.7 Å². The van der Waals surface area contributed by atoms with Crippen molar-refractivity contribution in [3.63, 3.8) is 0 Å². The van der Waals surface area contributed by atoms with Crippen molar-refractivity contribution in [3.05, 3.63) is 24.3 Å². The highest BCUT2D eigenvalue weighted by Gasteiger charge is 2.15. The van der Waals surface area contributed by atoms with Crippen LogP contribution in [-0.4, -0.2) is 13.1 Å². The molecule has 1 aliphatic rings. The summed E-state index contributed by atoms with van der Waals surface area (Å²) < 4.78 is 0. The number of nitrogen functional groups attached to an aromatic ring is 1. The molecule has 2 nitrogen and oxygen atoms in total. The first-order valence-electron chi connectivity index (χ1n) is 5.36. The smallest absolute Gasteiger partial charge is 0.0367 e. The van der Waals surface area contributed by atoms with E-state index in [0.29, 0.717) is 0 Å². The van der Waals surface area contributed by atoms with Crippen molar-refractivity contribution in [3.8, 4) is 0 Å². The van der Waals surface area contributed by atoms with Crippen LogP contribution in [0.25, 0.3) is 0 Å². The van der Waals surface area contributed by atoms with Crippen LogP contribution in [0.1, 0.15) is 19.8 Å². The number of piperidine rings is 1. The molecule has 0 aromatic heterocycles. The van der Waals surface area contributed by atoms with Crippen LogP contribution in [0.2, 0.25) is 0 Å². The Kier molecular flexibility index (Phi) is 2.62. The van der Waals surface area contributed by atoms with Crippen LogP contribution in [0, 0.1) is 5.92 Å². The zero-order valence-electron chi connectivity index (χ0n) is 8.74. The summed E-state index contributed by atoms with van der Waals surface area (Å²) in [5, 5.41) is 0. The first kappa shape index (κ1) is 9.38. The molecule has 0 saturated carbocycles. The van der Waals surface area contributed by atoms with Crippen LogP contribution in [0.4, 0.5) is 11.4 Å². The summed E-state index contributed by atoms with van der Waals surface area (Å²) in [4.78, 5) is 2.45. The number of hydrogen-bond acceptors (Lipinski definition) is 2. The third-order valence-corrected chi connectivity index (χ3v) is 2.92. The molecule has 1 fully saturated rings. The second-order valence-corrected chi connectivity index (χ2v) is 4.28. The number of hydrogen-bond donors (Lipinski definition) is 1. The van der Waals surface area contributed by atoms with E-state index in [1.807, 2.05) is 12.1 Å². The molecule has 0 spiro atoms. The van der Waals surface area contributed by atoms with Gasteiger partial charge in [-0.2, -0.15) is 0 Å². The van der Waals surface area contributed by atoms with E-state index in [4.69, 9.17) is 5.73 Å². The first-order chi connectivity index (χ1) is 6.75. The summed E-state index contributed by atoms with van der Waals surface area (Å²) in [5.74, 6) is 0.821. The lowest BCUT2D eigenvalue weighted by molar-refractivity contribution is 0.447. The van der Waals surface area contributed by atoms with E-state index in [2.05, 4.69) is 24.0 Å². The van der Waals surface area contributed by atoms with E-state index in [1.54, 1.807) is 0 Å². The van der Waals surface area contributed by atoms with Gasteiger partial charge in [0.25, 0.3) is 0 Å². The summed E-state index contributed by atoms with van der Waals surface area (Å²) in [6, 6.07) is 8.20. The van der Waals surface area contributed by atoms with Gasteiger partial charge in [-0.3, -0.25) is 0 Å². The lowest BCUT2D eigenvalue weighted by Gasteiger charge is -2.32. The lowest BCUT2D eigenvalue weighted by atomic mass is 10.00. The fourth-order valence-corrected chi connectivity index (χ4v) is 2.11. The van der Waals surface area contributed by atoms with Gasteiger partial charge in [0.05, 0.1) is 0 Å². The van der Waals surface area contributed by atoms with Gasteiger partial charge in [-0.25, -0.2) is 0 Å². The minimum absolute atomic E-state index is 0.821. The highest BCUT2D eigenvalue weighted by molar-refractivity contribution is 5.53. The largest absolute Gasteiger partial charge is 0.399 e. The van der Waals surface area contributed by atoms with Crippen molar-refractivity contribution in [1.29, 1.82) is 0 Å². The van der Waals surface area contributed by atoms with Gasteiger partial charge in [0.1, 0.15) is 0 Å². The van der Waals surface area contributed by atoms with Gasteiger partial charge in [-0.05, 0) is 43.0 Å². The fraction of sp³-hybridized carbons (Fsp3) is 0.500. The lowest BCUT2D eigenvalue weighted by Crippen LogP contribution is -2.34. The van der Waals surface area contributed by atoms with E-state index in [1.165, 1.54) is 31.6 Å². The molecule has 1 atom stereocenters. The maximum absolute atomic E-state index is 5.66. The Balaban J connectivity index is 2.10. The Hall–Kier alpha value is -1.18. The highest BCUT2D eigenvalue weighted by Crippen LogP contribution is 2.23. The number of benzene rings is 1. The maximum atomic E-state index is 5.66. The number of nitrogens with zero attached hydrogens (tertiary/aromatic N) is 1. The summed E-state index contributed by atoms with van der Waals surface area (Å²) in [6.45, 7) is 4.70. The van der Waals surface area contributed by atoms with Gasteiger partial charge in [-0.1, -0.05) is 6.92 Å². The molecule has 76 valence electrons. The zero-order chi connectivity index (χ0) is 9.97. The Morgan fingerprint density at radius 2 is 2.00 bits per heavy atom. The monoisotopic (exact) mass is 190 g/mol. The van der Waals surface area contributed by atoms with E-state index in [9.17, 15) is 0 Å². The molecule has 0 radical (unpaired) electrons. The normalized spacial score (nSPS) is 22.4. The van der Waals surface area contributed by atoms with Crippen molar-refractivity contribution >= 4 is 11.4 Å². The van der Waals surface area contributed by atoms with Crippen LogP contribution < -0.4 is 10.6 Å². The molecule has 0 bridgehead atoms. The minimum Gasteiger partial charge on any atom is -0.399 e. The second-order valence-electron chi connectivity index (χ2n) is 4.28. The van der Waals surface area contributed by atoms with Gasteiger partial charge in [-0.15, -0.1) is 0 Å². The second kappa shape index (κ2) is 3.91.